The van der Waals surface area contributed by atoms with Crippen LogP contribution in [0, 0.1) is 0 Å². The number of anilines is 1. The van der Waals surface area contributed by atoms with Crippen molar-refractivity contribution in [3.8, 4) is 0 Å². The molecule has 1 aliphatic heterocycles. The summed E-state index contributed by atoms with van der Waals surface area (Å²) >= 11 is 1.71. The average molecular weight is 312 g/mol. The largest absolute Gasteiger partial charge is 0.344 e. The van der Waals surface area contributed by atoms with Crippen LogP contribution in [0.2, 0.25) is 0 Å². The molecule has 0 N–H and O–H groups in total. The molecule has 0 spiro atoms. The lowest BCUT2D eigenvalue weighted by Gasteiger charge is -2.41. The highest BCUT2D eigenvalue weighted by atomic mass is 32.1. The first-order valence-electron chi connectivity index (χ1n) is 7.66. The topological polar surface area (TPSA) is 34.0 Å². The summed E-state index contributed by atoms with van der Waals surface area (Å²) in [7, 11) is 0. The van der Waals surface area contributed by atoms with Crippen LogP contribution in [0.3, 0.4) is 0 Å². The molecule has 0 unspecified atom stereocenters. The molecule has 22 heavy (non-hydrogen) atoms. The van der Waals surface area contributed by atoms with Crippen LogP contribution >= 0.6 is 11.3 Å². The van der Waals surface area contributed by atoms with Gasteiger partial charge in [0.1, 0.15) is 5.82 Å². The zero-order valence-corrected chi connectivity index (χ0v) is 14.0. The number of hydrogen-bond acceptors (Lipinski definition) is 4. The van der Waals surface area contributed by atoms with Gasteiger partial charge >= 0.3 is 0 Å². The zero-order valence-electron chi connectivity index (χ0n) is 13.2. The molecular formula is C17H20N4S. The van der Waals surface area contributed by atoms with Gasteiger partial charge in [-0.2, -0.15) is 0 Å². The number of nitrogens with zero attached hydrogens (tertiary/aromatic N) is 4. The number of hydrogen-bond donors (Lipinski definition) is 0. The summed E-state index contributed by atoms with van der Waals surface area (Å²) in [6.45, 7) is 8.74. The Morgan fingerprint density at radius 2 is 1.95 bits per heavy atom. The van der Waals surface area contributed by atoms with Crippen LogP contribution in [0.25, 0.3) is 11.0 Å². The van der Waals surface area contributed by atoms with Crippen molar-refractivity contribution in [2.45, 2.75) is 32.2 Å². The van der Waals surface area contributed by atoms with Crippen LogP contribution in [0.1, 0.15) is 32.6 Å². The van der Waals surface area contributed by atoms with E-state index >= 15 is 0 Å². The fourth-order valence-electron chi connectivity index (χ4n) is 3.09. The lowest BCUT2D eigenvalue weighted by atomic mass is 9.94. The molecule has 0 bridgehead atoms. The molecule has 1 saturated heterocycles. The van der Waals surface area contributed by atoms with Crippen molar-refractivity contribution in [1.82, 2.24) is 14.5 Å². The maximum atomic E-state index is 4.91. The van der Waals surface area contributed by atoms with Crippen molar-refractivity contribution >= 4 is 27.5 Å². The molecule has 0 amide bonds. The van der Waals surface area contributed by atoms with Gasteiger partial charge in [0.05, 0.1) is 17.1 Å². The summed E-state index contributed by atoms with van der Waals surface area (Å²) in [6.07, 6.45) is 1.88. The molecule has 1 fully saturated rings. The fraction of sp³-hybridized carbons (Fsp3) is 0.412. The Morgan fingerprint density at radius 3 is 2.64 bits per heavy atom. The highest BCUT2D eigenvalue weighted by Gasteiger charge is 2.34. The van der Waals surface area contributed by atoms with Gasteiger partial charge in [-0.15, -0.1) is 11.3 Å². The van der Waals surface area contributed by atoms with Crippen LogP contribution in [-0.2, 0) is 5.41 Å². The Balaban J connectivity index is 1.72. The van der Waals surface area contributed by atoms with Gasteiger partial charge in [0.2, 0.25) is 0 Å². The Labute approximate surface area is 134 Å². The van der Waals surface area contributed by atoms with E-state index in [0.29, 0.717) is 6.04 Å². The lowest BCUT2D eigenvalue weighted by Crippen LogP contribution is -2.48. The van der Waals surface area contributed by atoms with E-state index in [0.717, 1.165) is 23.7 Å². The van der Waals surface area contributed by atoms with Crippen molar-refractivity contribution < 1.29 is 0 Å². The summed E-state index contributed by atoms with van der Waals surface area (Å²) in [6, 6.07) is 8.94. The maximum Gasteiger partial charge on any atom is 0.185 e. The quantitative estimate of drug-likeness (QED) is 0.721. The van der Waals surface area contributed by atoms with Crippen molar-refractivity contribution in [2.75, 3.05) is 18.0 Å². The van der Waals surface area contributed by atoms with Crippen LogP contribution in [-0.4, -0.2) is 27.6 Å². The molecule has 3 heterocycles. The van der Waals surface area contributed by atoms with Gasteiger partial charge < -0.3 is 9.47 Å². The van der Waals surface area contributed by atoms with Gasteiger partial charge in [0.15, 0.2) is 5.13 Å². The summed E-state index contributed by atoms with van der Waals surface area (Å²) in [5.41, 5.74) is 2.39. The average Bonchev–Trinajstić information content (AvgIpc) is 3.04. The Kier molecular flexibility index (Phi) is 3.01. The first-order chi connectivity index (χ1) is 10.5. The molecule has 0 saturated carbocycles. The van der Waals surface area contributed by atoms with Gasteiger partial charge in [-0.1, -0.05) is 32.9 Å². The van der Waals surface area contributed by atoms with E-state index in [1.165, 1.54) is 11.3 Å². The van der Waals surface area contributed by atoms with Gasteiger partial charge in [-0.3, -0.25) is 0 Å². The normalized spacial score (nSPS) is 16.2. The Morgan fingerprint density at radius 1 is 1.18 bits per heavy atom. The van der Waals surface area contributed by atoms with Crippen LogP contribution < -0.4 is 4.90 Å². The van der Waals surface area contributed by atoms with Crippen molar-refractivity contribution in [3.05, 3.63) is 41.7 Å². The van der Waals surface area contributed by atoms with E-state index in [-0.39, 0.29) is 5.41 Å². The monoisotopic (exact) mass is 312 g/mol. The molecule has 0 atom stereocenters. The molecule has 4 nitrogen and oxygen atoms in total. The van der Waals surface area contributed by atoms with Crippen molar-refractivity contribution in [1.29, 1.82) is 0 Å². The third-order valence-electron chi connectivity index (χ3n) is 4.18. The second kappa shape index (κ2) is 4.81. The first-order valence-corrected chi connectivity index (χ1v) is 8.54. The number of fused-ring (bicyclic) bond motifs is 1. The predicted octanol–water partition coefficient (Wildman–Crippen LogP) is 3.85. The number of imidazole rings is 1. The molecule has 2 aromatic heterocycles. The summed E-state index contributed by atoms with van der Waals surface area (Å²) in [5, 5.41) is 3.16. The van der Waals surface area contributed by atoms with Gasteiger partial charge in [-0.05, 0) is 12.1 Å². The molecule has 1 aliphatic rings. The van der Waals surface area contributed by atoms with Gasteiger partial charge in [-0.25, -0.2) is 9.97 Å². The number of aromatic nitrogens is 3. The summed E-state index contributed by atoms with van der Waals surface area (Å²) < 4.78 is 2.44. The zero-order chi connectivity index (χ0) is 15.3. The minimum Gasteiger partial charge on any atom is -0.344 e. The SMILES string of the molecule is CC(C)(C)c1nc2ccccc2n1C1CN(c2nccs2)C1. The maximum absolute atomic E-state index is 4.91. The fourth-order valence-corrected chi connectivity index (χ4v) is 3.75. The molecule has 1 aromatic carbocycles. The number of para-hydroxylation sites is 2. The number of benzene rings is 1. The third-order valence-corrected chi connectivity index (χ3v) is 5.02. The minimum absolute atomic E-state index is 0.0423. The molecule has 5 heteroatoms. The van der Waals surface area contributed by atoms with Gasteiger partial charge in [0, 0.05) is 30.1 Å². The molecule has 0 radical (unpaired) electrons. The summed E-state index contributed by atoms with van der Waals surface area (Å²) in [4.78, 5) is 11.7. The number of thiazole rings is 1. The molecule has 0 aliphatic carbocycles. The second-order valence-corrected chi connectivity index (χ2v) is 7.79. The van der Waals surface area contributed by atoms with E-state index in [4.69, 9.17) is 4.98 Å². The molecule has 3 aromatic rings. The van der Waals surface area contributed by atoms with Crippen LogP contribution in [0.4, 0.5) is 5.13 Å². The van der Waals surface area contributed by atoms with E-state index in [1.54, 1.807) is 11.3 Å². The highest BCUT2D eigenvalue weighted by Crippen LogP contribution is 2.35. The highest BCUT2D eigenvalue weighted by molar-refractivity contribution is 7.13. The van der Waals surface area contributed by atoms with Crippen molar-refractivity contribution in [2.24, 2.45) is 0 Å². The molecular weight excluding hydrogens is 292 g/mol. The van der Waals surface area contributed by atoms with Crippen LogP contribution in [0.5, 0.6) is 0 Å². The standard InChI is InChI=1S/C17H20N4S/c1-17(2,3)15-19-13-6-4-5-7-14(13)21(15)12-10-20(11-12)16-18-8-9-22-16/h4-9,12H,10-11H2,1-3H3. The predicted molar refractivity (Wildman–Crippen MR) is 91.8 cm³/mol. The van der Waals surface area contributed by atoms with Crippen LogP contribution in [0.15, 0.2) is 35.8 Å². The third kappa shape index (κ3) is 2.11. The van der Waals surface area contributed by atoms with Gasteiger partial charge in [0.25, 0.3) is 0 Å². The smallest absolute Gasteiger partial charge is 0.185 e. The second-order valence-electron chi connectivity index (χ2n) is 6.92. The lowest BCUT2D eigenvalue weighted by molar-refractivity contribution is 0.373. The Hall–Kier alpha value is -1.88. The number of rotatable bonds is 2. The molecule has 4 rings (SSSR count). The van der Waals surface area contributed by atoms with E-state index < -0.39 is 0 Å². The van der Waals surface area contributed by atoms with E-state index in [1.807, 2.05) is 11.6 Å². The molecule has 114 valence electrons. The Bertz CT molecular complexity index is 792. The first kappa shape index (κ1) is 13.8. The summed E-state index contributed by atoms with van der Waals surface area (Å²) in [5.74, 6) is 1.18. The van der Waals surface area contributed by atoms with E-state index in [9.17, 15) is 0 Å². The minimum atomic E-state index is 0.0423. The van der Waals surface area contributed by atoms with Crippen molar-refractivity contribution in [3.63, 3.8) is 0 Å². The van der Waals surface area contributed by atoms with E-state index in [2.05, 4.69) is 59.5 Å².